The van der Waals surface area contributed by atoms with Crippen LogP contribution in [-0.4, -0.2) is 24.4 Å². The van der Waals surface area contributed by atoms with Gasteiger partial charge in [0.25, 0.3) is 5.69 Å². The van der Waals surface area contributed by atoms with Crippen LogP contribution in [0.2, 0.25) is 0 Å². The summed E-state index contributed by atoms with van der Waals surface area (Å²) in [5.74, 6) is 0.279. The molecular weight excluding hydrogens is 274 g/mol. The molecule has 0 amide bonds. The van der Waals surface area contributed by atoms with Crippen LogP contribution in [0.25, 0.3) is 0 Å². The summed E-state index contributed by atoms with van der Waals surface area (Å²) < 4.78 is 10.4. The second kappa shape index (κ2) is 6.51. The van der Waals surface area contributed by atoms with E-state index in [1.54, 1.807) is 30.3 Å². The number of hydrogen-bond acceptors (Lipinski definition) is 5. The molecule has 2 aromatic carbocycles. The van der Waals surface area contributed by atoms with Crippen molar-refractivity contribution in [1.82, 2.24) is 0 Å². The van der Waals surface area contributed by atoms with Crippen LogP contribution in [-0.2, 0) is 0 Å². The van der Waals surface area contributed by atoms with Gasteiger partial charge in [-0.3, -0.25) is 14.9 Å². The van der Waals surface area contributed by atoms with Crippen molar-refractivity contribution in [2.45, 2.75) is 0 Å². The van der Waals surface area contributed by atoms with Crippen LogP contribution in [0.5, 0.6) is 11.5 Å². The van der Waals surface area contributed by atoms with Gasteiger partial charge < -0.3 is 9.47 Å². The SMILES string of the molecule is COc1ccc([N+](=O)[O-])cc1OCC(=O)c1ccccc1. The van der Waals surface area contributed by atoms with Gasteiger partial charge in [-0.2, -0.15) is 0 Å². The Morgan fingerprint density at radius 1 is 1.14 bits per heavy atom. The molecule has 6 heteroatoms. The van der Waals surface area contributed by atoms with Crippen LogP contribution < -0.4 is 9.47 Å². The fourth-order valence-corrected chi connectivity index (χ4v) is 1.74. The number of nitro groups is 1. The number of Topliss-reactive ketones (excluding diaryl/α,β-unsaturated/α-hetero) is 1. The third kappa shape index (κ3) is 3.56. The summed E-state index contributed by atoms with van der Waals surface area (Å²) in [6.07, 6.45) is 0. The van der Waals surface area contributed by atoms with Crippen LogP contribution >= 0.6 is 0 Å². The van der Waals surface area contributed by atoms with Crippen molar-refractivity contribution < 1.29 is 19.2 Å². The smallest absolute Gasteiger partial charge is 0.273 e. The van der Waals surface area contributed by atoms with Crippen molar-refractivity contribution in [3.63, 3.8) is 0 Å². The summed E-state index contributed by atoms with van der Waals surface area (Å²) in [5.41, 5.74) is 0.389. The quantitative estimate of drug-likeness (QED) is 0.463. The van der Waals surface area contributed by atoms with Crippen molar-refractivity contribution in [2.24, 2.45) is 0 Å². The van der Waals surface area contributed by atoms with E-state index in [0.717, 1.165) is 0 Å². The molecule has 0 aliphatic carbocycles. The highest BCUT2D eigenvalue weighted by Crippen LogP contribution is 2.31. The van der Waals surface area contributed by atoms with Crippen molar-refractivity contribution >= 4 is 11.5 Å². The Hall–Kier alpha value is -2.89. The van der Waals surface area contributed by atoms with E-state index in [9.17, 15) is 14.9 Å². The fourth-order valence-electron chi connectivity index (χ4n) is 1.74. The molecule has 0 unspecified atom stereocenters. The molecule has 0 saturated carbocycles. The van der Waals surface area contributed by atoms with Gasteiger partial charge in [0.15, 0.2) is 23.9 Å². The third-order valence-electron chi connectivity index (χ3n) is 2.81. The molecule has 0 fully saturated rings. The Morgan fingerprint density at radius 2 is 1.86 bits per heavy atom. The first kappa shape index (κ1) is 14.5. The van der Waals surface area contributed by atoms with Crippen molar-refractivity contribution in [2.75, 3.05) is 13.7 Å². The summed E-state index contributed by atoms with van der Waals surface area (Å²) >= 11 is 0. The van der Waals surface area contributed by atoms with Gasteiger partial charge >= 0.3 is 0 Å². The van der Waals surface area contributed by atoms with Gasteiger partial charge in [0.05, 0.1) is 18.1 Å². The topological polar surface area (TPSA) is 78.7 Å². The molecule has 2 rings (SSSR count). The molecule has 0 N–H and O–H groups in total. The van der Waals surface area contributed by atoms with E-state index in [1.165, 1.54) is 25.3 Å². The van der Waals surface area contributed by atoms with Crippen molar-refractivity contribution in [3.8, 4) is 11.5 Å². The van der Waals surface area contributed by atoms with E-state index in [2.05, 4.69) is 0 Å². The van der Waals surface area contributed by atoms with Gasteiger partial charge in [-0.1, -0.05) is 30.3 Å². The molecular formula is C15H13NO5. The number of hydrogen-bond donors (Lipinski definition) is 0. The van der Waals surface area contributed by atoms with Gasteiger partial charge in [0, 0.05) is 11.6 Å². The Bertz CT molecular complexity index is 654. The van der Waals surface area contributed by atoms with Crippen LogP contribution in [0, 0.1) is 10.1 Å². The minimum Gasteiger partial charge on any atom is -0.493 e. The maximum atomic E-state index is 11.9. The molecule has 21 heavy (non-hydrogen) atoms. The summed E-state index contributed by atoms with van der Waals surface area (Å²) in [4.78, 5) is 22.2. The van der Waals surface area contributed by atoms with Crippen LogP contribution in [0.15, 0.2) is 48.5 Å². The molecule has 0 aromatic heterocycles. The first-order chi connectivity index (χ1) is 10.1. The standard InChI is InChI=1S/C15H13NO5/c1-20-14-8-7-12(16(18)19)9-15(14)21-10-13(17)11-5-3-2-4-6-11/h2-9H,10H2,1H3. The normalized spacial score (nSPS) is 9.95. The minimum absolute atomic E-state index is 0.127. The van der Waals surface area contributed by atoms with Gasteiger partial charge in [0.2, 0.25) is 0 Å². The highest BCUT2D eigenvalue weighted by atomic mass is 16.6. The van der Waals surface area contributed by atoms with E-state index in [0.29, 0.717) is 11.3 Å². The summed E-state index contributed by atoms with van der Waals surface area (Å²) in [5, 5.41) is 10.8. The van der Waals surface area contributed by atoms with Crippen molar-refractivity contribution in [1.29, 1.82) is 0 Å². The molecule has 0 spiro atoms. The van der Waals surface area contributed by atoms with E-state index < -0.39 is 4.92 Å². The molecule has 0 aliphatic rings. The largest absolute Gasteiger partial charge is 0.493 e. The fraction of sp³-hybridized carbons (Fsp3) is 0.133. The second-order valence-corrected chi connectivity index (χ2v) is 4.17. The molecule has 0 atom stereocenters. The molecule has 0 heterocycles. The zero-order chi connectivity index (χ0) is 15.2. The van der Waals surface area contributed by atoms with E-state index in [4.69, 9.17) is 9.47 Å². The highest BCUT2D eigenvalue weighted by molar-refractivity contribution is 5.97. The molecule has 0 aliphatic heterocycles. The lowest BCUT2D eigenvalue weighted by Crippen LogP contribution is -2.12. The Kier molecular flexibility index (Phi) is 4.50. The van der Waals surface area contributed by atoms with Crippen molar-refractivity contribution in [3.05, 3.63) is 64.2 Å². The number of non-ortho nitro benzene ring substituents is 1. The minimum atomic E-state index is -0.536. The van der Waals surface area contributed by atoms with Gasteiger partial charge in [-0.05, 0) is 6.07 Å². The number of ether oxygens (including phenoxy) is 2. The summed E-state index contributed by atoms with van der Waals surface area (Å²) in [7, 11) is 1.42. The predicted octanol–water partition coefficient (Wildman–Crippen LogP) is 2.87. The molecule has 2 aromatic rings. The summed E-state index contributed by atoms with van der Waals surface area (Å²) in [6, 6.07) is 12.6. The maximum Gasteiger partial charge on any atom is 0.273 e. The van der Waals surface area contributed by atoms with Crippen LogP contribution in [0.3, 0.4) is 0 Å². The van der Waals surface area contributed by atoms with E-state index in [1.807, 2.05) is 0 Å². The molecule has 0 saturated heterocycles. The molecule has 108 valence electrons. The first-order valence-electron chi connectivity index (χ1n) is 6.15. The molecule has 0 bridgehead atoms. The van der Waals surface area contributed by atoms with Gasteiger partial charge in [-0.15, -0.1) is 0 Å². The number of carbonyl (C=O) groups excluding carboxylic acids is 1. The average molecular weight is 287 g/mol. The number of methoxy groups -OCH3 is 1. The first-order valence-corrected chi connectivity index (χ1v) is 6.15. The number of benzene rings is 2. The van der Waals surface area contributed by atoms with E-state index in [-0.39, 0.29) is 23.8 Å². The highest BCUT2D eigenvalue weighted by Gasteiger charge is 2.14. The van der Waals surface area contributed by atoms with Crippen LogP contribution in [0.4, 0.5) is 5.69 Å². The number of nitrogens with zero attached hydrogens (tertiary/aromatic N) is 1. The molecule has 6 nitrogen and oxygen atoms in total. The number of nitro benzene ring substituents is 1. The lowest BCUT2D eigenvalue weighted by atomic mass is 10.1. The third-order valence-corrected chi connectivity index (χ3v) is 2.81. The summed E-state index contributed by atoms with van der Waals surface area (Å²) in [6.45, 7) is -0.221. The van der Waals surface area contributed by atoms with Crippen LogP contribution in [0.1, 0.15) is 10.4 Å². The lowest BCUT2D eigenvalue weighted by Gasteiger charge is -2.09. The Balaban J connectivity index is 2.13. The number of carbonyl (C=O) groups is 1. The second-order valence-electron chi connectivity index (χ2n) is 4.17. The average Bonchev–Trinajstić information content (AvgIpc) is 2.53. The lowest BCUT2D eigenvalue weighted by molar-refractivity contribution is -0.385. The Labute approximate surface area is 121 Å². The zero-order valence-electron chi connectivity index (χ0n) is 11.3. The monoisotopic (exact) mass is 287 g/mol. The number of ketones is 1. The van der Waals surface area contributed by atoms with Gasteiger partial charge in [0.1, 0.15) is 0 Å². The van der Waals surface area contributed by atoms with Gasteiger partial charge in [-0.25, -0.2) is 0 Å². The Morgan fingerprint density at radius 3 is 2.48 bits per heavy atom. The maximum absolute atomic E-state index is 11.9. The predicted molar refractivity (Wildman–Crippen MR) is 75.9 cm³/mol. The molecule has 0 radical (unpaired) electrons. The zero-order valence-corrected chi connectivity index (χ0v) is 11.3. The number of rotatable bonds is 6. The van der Waals surface area contributed by atoms with E-state index >= 15 is 0 Å².